The molecule has 2 aromatic heterocycles. The van der Waals surface area contributed by atoms with Crippen molar-refractivity contribution < 1.29 is 18.0 Å². The lowest BCUT2D eigenvalue weighted by molar-refractivity contribution is -0.142. The quantitative estimate of drug-likeness (QED) is 0.920. The summed E-state index contributed by atoms with van der Waals surface area (Å²) in [5.41, 5.74) is 5.85. The molecule has 0 radical (unpaired) electrons. The van der Waals surface area contributed by atoms with Gasteiger partial charge in [0.25, 0.3) is 5.91 Å². The number of primary amides is 1. The van der Waals surface area contributed by atoms with Crippen molar-refractivity contribution in [3.05, 3.63) is 36.4 Å². The predicted octanol–water partition coefficient (Wildman–Crippen LogP) is 1.61. The Bertz CT molecular complexity index is 606. The molecule has 0 atom stereocenters. The van der Waals surface area contributed by atoms with Crippen molar-refractivity contribution >= 4 is 5.91 Å². The lowest BCUT2D eigenvalue weighted by atomic mass is 10.1. The number of nitrogens with two attached hydrogens (primary N) is 1. The molecule has 0 aliphatic heterocycles. The minimum absolute atomic E-state index is 0.00550. The number of pyridine rings is 1. The van der Waals surface area contributed by atoms with Crippen LogP contribution in [0.2, 0.25) is 0 Å². The molecule has 0 fully saturated rings. The van der Waals surface area contributed by atoms with Gasteiger partial charge in [-0.15, -0.1) is 0 Å². The third-order valence-electron chi connectivity index (χ3n) is 2.33. The highest BCUT2D eigenvalue weighted by Crippen LogP contribution is 2.23. The molecular formula is C11H9F3N4O. The Kier molecular flexibility index (Phi) is 3.24. The molecule has 5 nitrogen and oxygen atoms in total. The van der Waals surface area contributed by atoms with Crippen molar-refractivity contribution in [3.8, 4) is 11.1 Å². The minimum atomic E-state index is -4.36. The first-order valence-electron chi connectivity index (χ1n) is 5.21. The molecule has 0 unspecified atom stereocenters. The molecule has 19 heavy (non-hydrogen) atoms. The molecule has 0 aliphatic rings. The van der Waals surface area contributed by atoms with Gasteiger partial charge in [-0.05, 0) is 6.07 Å². The second-order valence-electron chi connectivity index (χ2n) is 3.81. The lowest BCUT2D eigenvalue weighted by Crippen LogP contribution is -2.17. The van der Waals surface area contributed by atoms with Crippen LogP contribution in [0.15, 0.2) is 30.7 Å². The van der Waals surface area contributed by atoms with Crippen LogP contribution in [0.3, 0.4) is 0 Å². The third kappa shape index (κ3) is 3.09. The fraction of sp³-hybridized carbons (Fsp3) is 0.182. The molecule has 2 rings (SSSR count). The second kappa shape index (κ2) is 4.71. The number of hydrogen-bond acceptors (Lipinski definition) is 3. The first kappa shape index (κ1) is 13.1. The van der Waals surface area contributed by atoms with Crippen LogP contribution in [-0.4, -0.2) is 26.8 Å². The molecule has 2 aromatic rings. The van der Waals surface area contributed by atoms with Crippen molar-refractivity contribution in [2.45, 2.75) is 12.7 Å². The van der Waals surface area contributed by atoms with E-state index in [9.17, 15) is 18.0 Å². The Hall–Kier alpha value is -2.38. The predicted molar refractivity (Wildman–Crippen MR) is 60.0 cm³/mol. The van der Waals surface area contributed by atoms with Gasteiger partial charge in [0.1, 0.15) is 12.2 Å². The zero-order valence-corrected chi connectivity index (χ0v) is 9.55. The number of nitrogens with zero attached hydrogens (tertiary/aromatic N) is 3. The summed E-state index contributed by atoms with van der Waals surface area (Å²) in [4.78, 5) is 15.0. The summed E-state index contributed by atoms with van der Waals surface area (Å²) in [5, 5.41) is 3.60. The minimum Gasteiger partial charge on any atom is -0.364 e. The van der Waals surface area contributed by atoms with Crippen LogP contribution in [0.1, 0.15) is 10.5 Å². The molecule has 100 valence electrons. The van der Waals surface area contributed by atoms with Gasteiger partial charge in [0, 0.05) is 23.5 Å². The Morgan fingerprint density at radius 3 is 2.79 bits per heavy atom. The van der Waals surface area contributed by atoms with E-state index in [-0.39, 0.29) is 5.69 Å². The summed E-state index contributed by atoms with van der Waals surface area (Å²) < 4.78 is 37.4. The normalized spacial score (nSPS) is 11.5. The van der Waals surface area contributed by atoms with Gasteiger partial charge in [0.2, 0.25) is 0 Å². The first-order chi connectivity index (χ1) is 8.87. The maximum absolute atomic E-state index is 12.2. The van der Waals surface area contributed by atoms with Crippen LogP contribution in [0.5, 0.6) is 0 Å². The highest BCUT2D eigenvalue weighted by atomic mass is 19.4. The second-order valence-corrected chi connectivity index (χ2v) is 3.81. The summed E-state index contributed by atoms with van der Waals surface area (Å²) in [6.07, 6.45) is -0.555. The van der Waals surface area contributed by atoms with E-state index in [1.165, 1.54) is 18.6 Å². The van der Waals surface area contributed by atoms with Gasteiger partial charge in [-0.3, -0.25) is 14.5 Å². The smallest absolute Gasteiger partial charge is 0.364 e. The zero-order valence-electron chi connectivity index (χ0n) is 9.55. The first-order valence-corrected chi connectivity index (χ1v) is 5.21. The number of rotatable bonds is 3. The van der Waals surface area contributed by atoms with E-state index in [0.29, 0.717) is 11.1 Å². The molecule has 0 bridgehead atoms. The summed E-state index contributed by atoms with van der Waals surface area (Å²) in [5.74, 6) is -0.751. The highest BCUT2D eigenvalue weighted by Gasteiger charge is 2.28. The standard InChI is InChI=1S/C11H9F3N4O/c12-11(13,14)6-18-5-7(4-17-18)8-2-1-3-16-9(8)10(15)19/h1-5H,6H2,(H2,15,19). The molecule has 8 heteroatoms. The van der Waals surface area contributed by atoms with E-state index >= 15 is 0 Å². The van der Waals surface area contributed by atoms with Crippen molar-refractivity contribution in [1.29, 1.82) is 0 Å². The Balaban J connectivity index is 2.36. The van der Waals surface area contributed by atoms with Crippen LogP contribution < -0.4 is 5.73 Å². The average molecular weight is 270 g/mol. The maximum atomic E-state index is 12.2. The number of alkyl halides is 3. The third-order valence-corrected chi connectivity index (χ3v) is 2.33. The Labute approximate surface area is 105 Å². The van der Waals surface area contributed by atoms with Gasteiger partial charge in [-0.25, -0.2) is 0 Å². The van der Waals surface area contributed by atoms with Crippen LogP contribution in [0.25, 0.3) is 11.1 Å². The monoisotopic (exact) mass is 270 g/mol. The highest BCUT2D eigenvalue weighted by molar-refractivity contribution is 5.97. The topological polar surface area (TPSA) is 73.8 Å². The fourth-order valence-corrected chi connectivity index (χ4v) is 1.61. The van der Waals surface area contributed by atoms with Crippen molar-refractivity contribution in [2.75, 3.05) is 0 Å². The van der Waals surface area contributed by atoms with Gasteiger partial charge < -0.3 is 5.73 Å². The largest absolute Gasteiger partial charge is 0.408 e. The van der Waals surface area contributed by atoms with E-state index in [0.717, 1.165) is 4.68 Å². The van der Waals surface area contributed by atoms with Crippen molar-refractivity contribution in [2.24, 2.45) is 5.73 Å². The van der Waals surface area contributed by atoms with E-state index in [2.05, 4.69) is 10.1 Å². The molecule has 1 amide bonds. The van der Waals surface area contributed by atoms with Crippen LogP contribution >= 0.6 is 0 Å². The molecule has 0 aromatic carbocycles. The van der Waals surface area contributed by atoms with E-state index < -0.39 is 18.6 Å². The van der Waals surface area contributed by atoms with E-state index in [1.807, 2.05) is 0 Å². The SMILES string of the molecule is NC(=O)c1ncccc1-c1cnn(CC(F)(F)F)c1. The average Bonchev–Trinajstić information content (AvgIpc) is 2.75. The van der Waals surface area contributed by atoms with E-state index in [4.69, 9.17) is 5.73 Å². The molecule has 2 N–H and O–H groups in total. The number of hydrogen-bond donors (Lipinski definition) is 1. The van der Waals surface area contributed by atoms with Gasteiger partial charge >= 0.3 is 6.18 Å². The summed E-state index contributed by atoms with van der Waals surface area (Å²) in [6.45, 7) is -1.20. The van der Waals surface area contributed by atoms with E-state index in [1.54, 1.807) is 12.1 Å². The number of amides is 1. The Morgan fingerprint density at radius 2 is 2.16 bits per heavy atom. The van der Waals surface area contributed by atoms with Gasteiger partial charge in [-0.2, -0.15) is 18.3 Å². The maximum Gasteiger partial charge on any atom is 0.408 e. The number of carbonyl (C=O) groups excluding carboxylic acids is 1. The number of halogens is 3. The zero-order chi connectivity index (χ0) is 14.0. The molecular weight excluding hydrogens is 261 g/mol. The lowest BCUT2D eigenvalue weighted by Gasteiger charge is -2.05. The molecule has 0 aliphatic carbocycles. The molecule has 0 saturated carbocycles. The summed E-state index contributed by atoms with van der Waals surface area (Å²) in [6, 6.07) is 3.10. The van der Waals surface area contributed by atoms with Crippen LogP contribution in [0.4, 0.5) is 13.2 Å². The molecule has 0 saturated heterocycles. The van der Waals surface area contributed by atoms with Crippen molar-refractivity contribution in [3.63, 3.8) is 0 Å². The number of carbonyl (C=O) groups is 1. The Morgan fingerprint density at radius 1 is 1.42 bits per heavy atom. The van der Waals surface area contributed by atoms with Gasteiger partial charge in [-0.1, -0.05) is 6.07 Å². The summed E-state index contributed by atoms with van der Waals surface area (Å²) >= 11 is 0. The van der Waals surface area contributed by atoms with Gasteiger partial charge in [0.05, 0.1) is 6.20 Å². The van der Waals surface area contributed by atoms with Gasteiger partial charge in [0.15, 0.2) is 0 Å². The summed E-state index contributed by atoms with van der Waals surface area (Å²) in [7, 11) is 0. The van der Waals surface area contributed by atoms with Crippen molar-refractivity contribution in [1.82, 2.24) is 14.8 Å². The number of aromatic nitrogens is 3. The van der Waals surface area contributed by atoms with Crippen LogP contribution in [0, 0.1) is 0 Å². The fourth-order valence-electron chi connectivity index (χ4n) is 1.61. The van der Waals surface area contributed by atoms with Crippen LogP contribution in [-0.2, 0) is 6.54 Å². The molecule has 2 heterocycles. The molecule has 0 spiro atoms.